The van der Waals surface area contributed by atoms with E-state index in [9.17, 15) is 8.78 Å². The summed E-state index contributed by atoms with van der Waals surface area (Å²) in [5, 5.41) is 9.29. The minimum absolute atomic E-state index is 0.134. The van der Waals surface area contributed by atoms with E-state index in [1.807, 2.05) is 0 Å². The van der Waals surface area contributed by atoms with Crippen LogP contribution in [0, 0.1) is 11.6 Å². The third-order valence-corrected chi connectivity index (χ3v) is 5.85. The fourth-order valence-electron chi connectivity index (χ4n) is 4.06. The minimum Gasteiger partial charge on any atom is -0.494 e. The SMILES string of the molecule is CCN1CCCC1CNc1nc(Nc2ccc(OC)c(F)c2)nc(Nc2ccc(OC)c(F)c2)n1. The molecule has 1 aliphatic heterocycles. The number of benzene rings is 2. The number of hydrogen-bond donors (Lipinski definition) is 3. The van der Waals surface area contributed by atoms with E-state index in [2.05, 4.69) is 42.7 Å². The number of anilines is 5. The van der Waals surface area contributed by atoms with Gasteiger partial charge in [-0.15, -0.1) is 0 Å². The number of rotatable bonds is 10. The maximum atomic E-state index is 14.2. The summed E-state index contributed by atoms with van der Waals surface area (Å²) in [4.78, 5) is 15.7. The van der Waals surface area contributed by atoms with Gasteiger partial charge in [-0.2, -0.15) is 15.0 Å². The first kappa shape index (κ1) is 24.4. The van der Waals surface area contributed by atoms with E-state index < -0.39 is 11.6 Å². The Kier molecular flexibility index (Phi) is 7.76. The molecule has 2 heterocycles. The lowest BCUT2D eigenvalue weighted by Crippen LogP contribution is -2.35. The predicted molar refractivity (Wildman–Crippen MR) is 131 cm³/mol. The first-order valence-electron chi connectivity index (χ1n) is 11.4. The third-order valence-electron chi connectivity index (χ3n) is 5.85. The molecule has 0 radical (unpaired) electrons. The molecular formula is C24H29F2N7O2. The van der Waals surface area contributed by atoms with Gasteiger partial charge in [-0.25, -0.2) is 8.78 Å². The third kappa shape index (κ3) is 6.04. The van der Waals surface area contributed by atoms with Crippen molar-refractivity contribution >= 4 is 29.2 Å². The molecule has 0 aliphatic carbocycles. The van der Waals surface area contributed by atoms with Crippen LogP contribution in [-0.4, -0.2) is 59.7 Å². The second kappa shape index (κ2) is 11.1. The van der Waals surface area contributed by atoms with E-state index in [-0.39, 0.29) is 23.4 Å². The van der Waals surface area contributed by atoms with Crippen LogP contribution in [0.25, 0.3) is 0 Å². The van der Waals surface area contributed by atoms with Crippen molar-refractivity contribution in [2.45, 2.75) is 25.8 Å². The maximum absolute atomic E-state index is 14.2. The van der Waals surface area contributed by atoms with Gasteiger partial charge in [0, 0.05) is 36.1 Å². The first-order valence-corrected chi connectivity index (χ1v) is 11.4. The quantitative estimate of drug-likeness (QED) is 0.382. The topological polar surface area (TPSA) is 96.5 Å². The van der Waals surface area contributed by atoms with Crippen molar-refractivity contribution in [3.63, 3.8) is 0 Å². The summed E-state index contributed by atoms with van der Waals surface area (Å²) in [6.07, 6.45) is 2.25. The molecule has 0 spiro atoms. The van der Waals surface area contributed by atoms with Crippen LogP contribution < -0.4 is 25.4 Å². The molecule has 2 aromatic carbocycles. The van der Waals surface area contributed by atoms with E-state index in [0.717, 1.165) is 25.9 Å². The van der Waals surface area contributed by atoms with Gasteiger partial charge < -0.3 is 25.4 Å². The van der Waals surface area contributed by atoms with Crippen LogP contribution in [0.2, 0.25) is 0 Å². The lowest BCUT2D eigenvalue weighted by Gasteiger charge is -2.23. The Morgan fingerprint density at radius 2 is 1.43 bits per heavy atom. The van der Waals surface area contributed by atoms with Crippen LogP contribution >= 0.6 is 0 Å². The standard InChI is InChI=1S/C24H29F2N7O2/c1-4-33-11-5-6-17(33)14-27-22-30-23(28-15-7-9-20(34-2)18(25)12-15)32-24(31-22)29-16-8-10-21(35-3)19(26)13-16/h7-10,12-13,17H,4-6,11,14H2,1-3H3,(H3,27,28,29,30,31,32). The summed E-state index contributed by atoms with van der Waals surface area (Å²) in [6.45, 7) is 4.87. The zero-order valence-corrected chi connectivity index (χ0v) is 19.9. The lowest BCUT2D eigenvalue weighted by molar-refractivity contribution is 0.277. The highest BCUT2D eigenvalue weighted by Gasteiger charge is 2.23. The molecule has 1 aliphatic rings. The van der Waals surface area contributed by atoms with Crippen LogP contribution in [0.4, 0.5) is 38.0 Å². The smallest absolute Gasteiger partial charge is 0.233 e. The van der Waals surface area contributed by atoms with Gasteiger partial charge in [0.2, 0.25) is 17.8 Å². The Balaban J connectivity index is 1.58. The van der Waals surface area contributed by atoms with Crippen LogP contribution in [0.5, 0.6) is 11.5 Å². The number of aromatic nitrogens is 3. The monoisotopic (exact) mass is 485 g/mol. The van der Waals surface area contributed by atoms with Crippen molar-refractivity contribution in [2.24, 2.45) is 0 Å². The minimum atomic E-state index is -0.516. The number of methoxy groups -OCH3 is 2. The van der Waals surface area contributed by atoms with Gasteiger partial charge >= 0.3 is 0 Å². The van der Waals surface area contributed by atoms with Crippen LogP contribution in [-0.2, 0) is 0 Å². The molecule has 1 fully saturated rings. The fourth-order valence-corrected chi connectivity index (χ4v) is 4.06. The molecule has 11 heteroatoms. The normalized spacial score (nSPS) is 15.6. The molecule has 0 amide bonds. The summed E-state index contributed by atoms with van der Waals surface area (Å²) < 4.78 is 38.3. The average molecular weight is 486 g/mol. The van der Waals surface area contributed by atoms with Crippen LogP contribution in [0.1, 0.15) is 19.8 Å². The van der Waals surface area contributed by atoms with Gasteiger partial charge in [0.15, 0.2) is 23.1 Å². The van der Waals surface area contributed by atoms with Gasteiger partial charge in [-0.05, 0) is 50.2 Å². The number of likely N-dealkylation sites (tertiary alicyclic amines) is 1. The van der Waals surface area contributed by atoms with E-state index >= 15 is 0 Å². The summed E-state index contributed by atoms with van der Waals surface area (Å²) in [5.74, 6) is -0.0276. The molecule has 1 unspecified atom stereocenters. The molecule has 3 aromatic rings. The summed E-state index contributed by atoms with van der Waals surface area (Å²) in [5.41, 5.74) is 0.879. The second-order valence-corrected chi connectivity index (χ2v) is 8.06. The van der Waals surface area contributed by atoms with Crippen molar-refractivity contribution in [1.29, 1.82) is 0 Å². The van der Waals surface area contributed by atoms with Gasteiger partial charge in [-0.1, -0.05) is 6.92 Å². The molecule has 3 N–H and O–H groups in total. The largest absolute Gasteiger partial charge is 0.494 e. The van der Waals surface area contributed by atoms with Crippen molar-refractivity contribution in [2.75, 3.05) is 49.8 Å². The summed E-state index contributed by atoms with van der Waals surface area (Å²) in [6, 6.07) is 9.30. The fraction of sp³-hybridized carbons (Fsp3) is 0.375. The van der Waals surface area contributed by atoms with E-state index in [0.29, 0.717) is 29.9 Å². The molecule has 0 bridgehead atoms. The van der Waals surface area contributed by atoms with E-state index in [1.54, 1.807) is 12.1 Å². The molecule has 1 atom stereocenters. The van der Waals surface area contributed by atoms with Gasteiger partial charge in [0.1, 0.15) is 0 Å². The molecule has 0 saturated carbocycles. The van der Waals surface area contributed by atoms with Crippen molar-refractivity contribution in [1.82, 2.24) is 19.9 Å². The summed E-state index contributed by atoms with van der Waals surface area (Å²) >= 11 is 0. The van der Waals surface area contributed by atoms with Crippen molar-refractivity contribution in [3.05, 3.63) is 48.0 Å². The zero-order valence-electron chi connectivity index (χ0n) is 19.9. The zero-order chi connectivity index (χ0) is 24.8. The Morgan fingerprint density at radius 1 is 0.886 bits per heavy atom. The highest BCUT2D eigenvalue weighted by molar-refractivity contribution is 5.60. The Labute approximate surface area is 202 Å². The maximum Gasteiger partial charge on any atom is 0.233 e. The number of halogens is 2. The van der Waals surface area contributed by atoms with Gasteiger partial charge in [0.25, 0.3) is 0 Å². The number of hydrogen-bond acceptors (Lipinski definition) is 9. The van der Waals surface area contributed by atoms with Crippen molar-refractivity contribution < 1.29 is 18.3 Å². The average Bonchev–Trinajstić information content (AvgIpc) is 3.31. The Bertz CT molecular complexity index is 1090. The molecular weight excluding hydrogens is 456 g/mol. The Morgan fingerprint density at radius 3 is 1.91 bits per heavy atom. The van der Waals surface area contributed by atoms with Gasteiger partial charge in [0.05, 0.1) is 14.2 Å². The van der Waals surface area contributed by atoms with Gasteiger partial charge in [-0.3, -0.25) is 4.90 Å². The highest BCUT2D eigenvalue weighted by Crippen LogP contribution is 2.26. The number of likely N-dealkylation sites (N-methyl/N-ethyl adjacent to an activating group) is 1. The second-order valence-electron chi connectivity index (χ2n) is 8.06. The highest BCUT2D eigenvalue weighted by atomic mass is 19.1. The molecule has 1 aromatic heterocycles. The van der Waals surface area contributed by atoms with E-state index in [4.69, 9.17) is 9.47 Å². The van der Waals surface area contributed by atoms with E-state index in [1.165, 1.54) is 38.5 Å². The van der Waals surface area contributed by atoms with Crippen molar-refractivity contribution in [3.8, 4) is 11.5 Å². The molecule has 1 saturated heterocycles. The lowest BCUT2D eigenvalue weighted by atomic mass is 10.2. The molecule has 9 nitrogen and oxygen atoms in total. The first-order chi connectivity index (χ1) is 17.0. The van der Waals surface area contributed by atoms with Crippen LogP contribution in [0.3, 0.4) is 0 Å². The number of nitrogens with zero attached hydrogens (tertiary/aromatic N) is 4. The number of nitrogens with one attached hydrogen (secondary N) is 3. The Hall–Kier alpha value is -3.73. The number of ether oxygens (including phenoxy) is 2. The predicted octanol–water partition coefficient (Wildman–Crippen LogP) is 4.55. The molecule has 186 valence electrons. The molecule has 4 rings (SSSR count). The van der Waals surface area contributed by atoms with Crippen LogP contribution in [0.15, 0.2) is 36.4 Å². The summed E-state index contributed by atoms with van der Waals surface area (Å²) in [7, 11) is 2.80. The molecule has 35 heavy (non-hydrogen) atoms.